The van der Waals surface area contributed by atoms with Crippen molar-refractivity contribution in [3.8, 4) is 24.2 Å². The van der Waals surface area contributed by atoms with E-state index in [1.165, 1.54) is 12.3 Å². The van der Waals surface area contributed by atoms with Gasteiger partial charge in [0.2, 0.25) is 5.91 Å². The monoisotopic (exact) mass is 553 g/mol. The number of terminal acetylenes is 1. The van der Waals surface area contributed by atoms with Gasteiger partial charge in [-0.15, -0.1) is 6.42 Å². The zero-order chi connectivity index (χ0) is 28.9. The number of hydrogen-bond donors (Lipinski definition) is 4. The Bertz CT molecular complexity index is 1450. The zero-order valence-electron chi connectivity index (χ0n) is 23.0. The fraction of sp³-hybridized carbons (Fsp3) is 0.344. The van der Waals surface area contributed by atoms with Crippen LogP contribution >= 0.6 is 0 Å². The minimum Gasteiger partial charge on any atom is -0.486 e. The number of nitriles is 1. The Morgan fingerprint density at radius 3 is 2.90 bits per heavy atom. The fourth-order valence-electron chi connectivity index (χ4n) is 4.49. The van der Waals surface area contributed by atoms with Crippen LogP contribution in [0, 0.1) is 23.7 Å². The molecule has 212 valence electrons. The Balaban J connectivity index is 1.56. The summed E-state index contributed by atoms with van der Waals surface area (Å²) in [5, 5.41) is 28.9. The molecule has 1 atom stereocenters. The molecule has 3 aromatic rings. The van der Waals surface area contributed by atoms with E-state index in [1.54, 1.807) is 18.2 Å². The van der Waals surface area contributed by atoms with Gasteiger partial charge < -0.3 is 30.5 Å². The molecule has 1 aromatic heterocycles. The Hall–Kier alpha value is -4.41. The molecule has 1 aliphatic rings. The van der Waals surface area contributed by atoms with E-state index < -0.39 is 0 Å². The van der Waals surface area contributed by atoms with Crippen molar-refractivity contribution in [1.82, 2.24) is 10.3 Å². The van der Waals surface area contributed by atoms with Crippen LogP contribution in [0.4, 0.5) is 17.1 Å². The number of benzene rings is 2. The molecule has 9 nitrogen and oxygen atoms in total. The van der Waals surface area contributed by atoms with Crippen molar-refractivity contribution < 1.29 is 19.4 Å². The Kier molecular flexibility index (Phi) is 11.1. The quantitative estimate of drug-likeness (QED) is 0.129. The summed E-state index contributed by atoms with van der Waals surface area (Å²) in [7, 11) is 0. The molecule has 2 heterocycles. The molecule has 4 N–H and O–H groups in total. The van der Waals surface area contributed by atoms with Crippen LogP contribution in [-0.4, -0.2) is 55.0 Å². The fourth-order valence-corrected chi connectivity index (χ4v) is 4.49. The third-order valence-corrected chi connectivity index (χ3v) is 6.62. The van der Waals surface area contributed by atoms with Gasteiger partial charge in [-0.25, -0.2) is 0 Å². The second-order valence-electron chi connectivity index (χ2n) is 9.71. The summed E-state index contributed by atoms with van der Waals surface area (Å²) in [6.45, 7) is 2.73. The summed E-state index contributed by atoms with van der Waals surface area (Å²) >= 11 is 0. The van der Waals surface area contributed by atoms with Crippen LogP contribution in [0.3, 0.4) is 0 Å². The summed E-state index contributed by atoms with van der Waals surface area (Å²) in [6, 6.07) is 13.1. The minimum absolute atomic E-state index is 0.136. The SMILES string of the molecule is C#Cc1cccc(Nc2c(C#N)cnc3cc(OC4CCOC4)c(NC(=O)C=CCNCCCCCCO)cc23)c1. The standard InChI is InChI=1S/C32H35N5O4/c1-2-23-9-7-10-25(17-23)36-32-24(20-33)21-35-28-19-30(41-26-12-16-40-22-26)29(18-27(28)32)37-31(39)11-8-14-34-13-5-3-4-6-15-38/h1,7-11,17-19,21,26,34,38H,3-6,12-16,22H2,(H,35,36)(H,37,39). The van der Waals surface area contributed by atoms with Crippen molar-refractivity contribution >= 4 is 33.9 Å². The number of aliphatic hydroxyl groups excluding tert-OH is 1. The van der Waals surface area contributed by atoms with Gasteiger partial charge in [0.1, 0.15) is 17.9 Å². The third-order valence-electron chi connectivity index (χ3n) is 6.62. The molecule has 0 spiro atoms. The first-order valence-electron chi connectivity index (χ1n) is 13.9. The lowest BCUT2D eigenvalue weighted by Crippen LogP contribution is -2.18. The Labute approximate surface area is 240 Å². The first-order valence-corrected chi connectivity index (χ1v) is 13.9. The normalized spacial score (nSPS) is 14.6. The van der Waals surface area contributed by atoms with Gasteiger partial charge in [0.15, 0.2) is 0 Å². The molecule has 0 radical (unpaired) electrons. The van der Waals surface area contributed by atoms with Crippen LogP contribution < -0.4 is 20.7 Å². The number of pyridine rings is 1. The van der Waals surface area contributed by atoms with Gasteiger partial charge in [-0.1, -0.05) is 30.9 Å². The summed E-state index contributed by atoms with van der Waals surface area (Å²) in [6.07, 6.45) is 14.9. The predicted octanol–water partition coefficient (Wildman–Crippen LogP) is 4.64. The molecule has 1 amide bonds. The maximum Gasteiger partial charge on any atom is 0.248 e. The summed E-state index contributed by atoms with van der Waals surface area (Å²) < 4.78 is 11.7. The number of aromatic nitrogens is 1. The lowest BCUT2D eigenvalue weighted by molar-refractivity contribution is -0.111. The molecule has 0 aliphatic carbocycles. The third kappa shape index (κ3) is 8.54. The molecule has 1 unspecified atom stereocenters. The van der Waals surface area contributed by atoms with E-state index in [2.05, 4.69) is 32.9 Å². The van der Waals surface area contributed by atoms with Gasteiger partial charge in [0.25, 0.3) is 0 Å². The second-order valence-corrected chi connectivity index (χ2v) is 9.71. The van der Waals surface area contributed by atoms with Crippen molar-refractivity contribution in [2.24, 2.45) is 0 Å². The lowest BCUT2D eigenvalue weighted by atomic mass is 10.1. The molecular weight excluding hydrogens is 518 g/mol. The summed E-state index contributed by atoms with van der Waals surface area (Å²) in [5.74, 6) is 2.79. The van der Waals surface area contributed by atoms with Crippen LogP contribution in [0.15, 0.2) is 54.7 Å². The van der Waals surface area contributed by atoms with Crippen molar-refractivity contribution in [3.63, 3.8) is 0 Å². The molecule has 41 heavy (non-hydrogen) atoms. The molecule has 2 aromatic carbocycles. The largest absolute Gasteiger partial charge is 0.486 e. The Morgan fingerprint density at radius 1 is 1.24 bits per heavy atom. The average molecular weight is 554 g/mol. The number of carbonyl (C=O) groups is 1. The van der Waals surface area contributed by atoms with E-state index >= 15 is 0 Å². The maximum absolute atomic E-state index is 12.9. The van der Waals surface area contributed by atoms with Gasteiger partial charge in [0.05, 0.1) is 35.7 Å². The number of aliphatic hydroxyl groups is 1. The number of nitrogens with one attached hydrogen (secondary N) is 3. The van der Waals surface area contributed by atoms with Crippen LogP contribution in [0.25, 0.3) is 10.9 Å². The van der Waals surface area contributed by atoms with Crippen molar-refractivity contribution in [2.45, 2.75) is 38.2 Å². The molecular formula is C32H35N5O4. The minimum atomic E-state index is -0.303. The van der Waals surface area contributed by atoms with Crippen LogP contribution in [0.2, 0.25) is 0 Å². The average Bonchev–Trinajstić information content (AvgIpc) is 3.50. The number of carbonyl (C=O) groups excluding carboxylic acids is 1. The van der Waals surface area contributed by atoms with Gasteiger partial charge in [-0.05, 0) is 43.7 Å². The van der Waals surface area contributed by atoms with Crippen LogP contribution in [-0.2, 0) is 9.53 Å². The number of rotatable bonds is 14. The van der Waals surface area contributed by atoms with Gasteiger partial charge in [-0.2, -0.15) is 5.26 Å². The Morgan fingerprint density at radius 2 is 2.12 bits per heavy atom. The van der Waals surface area contributed by atoms with E-state index in [9.17, 15) is 10.1 Å². The molecule has 1 saturated heterocycles. The highest BCUT2D eigenvalue weighted by Crippen LogP contribution is 2.37. The highest BCUT2D eigenvalue weighted by molar-refractivity contribution is 6.04. The number of hydrogen-bond acceptors (Lipinski definition) is 8. The molecule has 9 heteroatoms. The van der Waals surface area contributed by atoms with E-state index in [0.29, 0.717) is 58.9 Å². The lowest BCUT2D eigenvalue weighted by Gasteiger charge is -2.18. The van der Waals surface area contributed by atoms with Crippen molar-refractivity contribution in [2.75, 3.05) is 43.5 Å². The van der Waals surface area contributed by atoms with E-state index in [-0.39, 0.29) is 18.6 Å². The number of ether oxygens (including phenoxy) is 2. The number of nitrogens with zero attached hydrogens (tertiary/aromatic N) is 2. The highest BCUT2D eigenvalue weighted by atomic mass is 16.5. The number of unbranched alkanes of at least 4 members (excludes halogenated alkanes) is 3. The van der Waals surface area contributed by atoms with Crippen molar-refractivity contribution in [3.05, 3.63) is 65.9 Å². The van der Waals surface area contributed by atoms with Gasteiger partial charge in [0, 0.05) is 54.5 Å². The molecule has 1 aliphatic heterocycles. The maximum atomic E-state index is 12.9. The van der Waals surface area contributed by atoms with E-state index in [4.69, 9.17) is 21.0 Å². The van der Waals surface area contributed by atoms with Crippen LogP contribution in [0.5, 0.6) is 5.75 Å². The first kappa shape index (κ1) is 29.6. The predicted molar refractivity (Wildman–Crippen MR) is 160 cm³/mol. The molecule has 1 fully saturated rings. The highest BCUT2D eigenvalue weighted by Gasteiger charge is 2.21. The van der Waals surface area contributed by atoms with Gasteiger partial charge >= 0.3 is 0 Å². The summed E-state index contributed by atoms with van der Waals surface area (Å²) in [5.41, 5.74) is 3.40. The van der Waals surface area contributed by atoms with Crippen LogP contribution in [0.1, 0.15) is 43.2 Å². The topological polar surface area (TPSA) is 129 Å². The molecule has 0 saturated carbocycles. The zero-order valence-corrected chi connectivity index (χ0v) is 23.0. The second kappa shape index (κ2) is 15.4. The number of fused-ring (bicyclic) bond motifs is 1. The number of amides is 1. The smallest absolute Gasteiger partial charge is 0.248 e. The van der Waals surface area contributed by atoms with Crippen molar-refractivity contribution in [1.29, 1.82) is 5.26 Å². The van der Waals surface area contributed by atoms with Gasteiger partial charge in [-0.3, -0.25) is 9.78 Å². The number of anilines is 3. The molecule has 0 bridgehead atoms. The van der Waals surface area contributed by atoms with E-state index in [0.717, 1.165) is 44.3 Å². The first-order chi connectivity index (χ1) is 20.1. The summed E-state index contributed by atoms with van der Waals surface area (Å²) in [4.78, 5) is 17.4. The molecule has 4 rings (SSSR count). The van der Waals surface area contributed by atoms with E-state index in [1.807, 2.05) is 24.3 Å².